The number of halogens is 3. The van der Waals surface area contributed by atoms with Crippen molar-refractivity contribution in [1.29, 1.82) is 0 Å². The molecule has 0 aliphatic heterocycles. The molecular weight excluding hydrogens is 367 g/mol. The van der Waals surface area contributed by atoms with E-state index in [1.54, 1.807) is 6.07 Å². The van der Waals surface area contributed by atoms with Gasteiger partial charge in [-0.25, -0.2) is 4.98 Å². The Labute approximate surface area is 160 Å². The van der Waals surface area contributed by atoms with Crippen LogP contribution in [0.5, 0.6) is 0 Å². The Morgan fingerprint density at radius 2 is 1.64 bits per heavy atom. The molecule has 0 saturated heterocycles. The van der Waals surface area contributed by atoms with Crippen molar-refractivity contribution >= 4 is 17.3 Å². The van der Waals surface area contributed by atoms with Gasteiger partial charge in [0.1, 0.15) is 5.69 Å². The van der Waals surface area contributed by atoms with Crippen LogP contribution in [0.3, 0.4) is 0 Å². The minimum Gasteiger partial charge on any atom is -0.377 e. The first-order chi connectivity index (χ1) is 13.3. The first kappa shape index (κ1) is 19.4. The topological polar surface area (TPSA) is 54.0 Å². The summed E-state index contributed by atoms with van der Waals surface area (Å²) in [4.78, 5) is 16.3. The third kappa shape index (κ3) is 4.68. The number of amides is 1. The summed E-state index contributed by atoms with van der Waals surface area (Å²) in [5, 5.41) is 5.54. The Balaban J connectivity index is 1.69. The predicted molar refractivity (Wildman–Crippen MR) is 102 cm³/mol. The van der Waals surface area contributed by atoms with Crippen LogP contribution in [0.4, 0.5) is 24.5 Å². The molecule has 2 aromatic carbocycles. The number of hydrogen-bond acceptors (Lipinski definition) is 3. The normalized spacial score (nSPS) is 12.3. The van der Waals surface area contributed by atoms with Gasteiger partial charge >= 0.3 is 6.18 Å². The van der Waals surface area contributed by atoms with Crippen molar-refractivity contribution in [2.24, 2.45) is 0 Å². The molecule has 1 aromatic heterocycles. The molecule has 4 nitrogen and oxygen atoms in total. The van der Waals surface area contributed by atoms with Gasteiger partial charge in [-0.3, -0.25) is 4.79 Å². The molecule has 144 valence electrons. The summed E-state index contributed by atoms with van der Waals surface area (Å²) >= 11 is 0. The van der Waals surface area contributed by atoms with Crippen LogP contribution in [-0.4, -0.2) is 10.9 Å². The number of hydrogen-bond donors (Lipinski definition) is 2. The molecule has 0 fully saturated rings. The minimum absolute atomic E-state index is 0.0230. The van der Waals surface area contributed by atoms with Gasteiger partial charge in [-0.1, -0.05) is 42.5 Å². The van der Waals surface area contributed by atoms with E-state index in [0.29, 0.717) is 5.69 Å². The van der Waals surface area contributed by atoms with Crippen LogP contribution in [0, 0.1) is 0 Å². The van der Waals surface area contributed by atoms with Crippen LogP contribution in [0.1, 0.15) is 34.6 Å². The maximum absolute atomic E-state index is 13.0. The Morgan fingerprint density at radius 1 is 0.964 bits per heavy atom. The fourth-order valence-electron chi connectivity index (χ4n) is 2.71. The highest BCUT2D eigenvalue weighted by atomic mass is 19.4. The molecule has 7 heteroatoms. The average molecular weight is 385 g/mol. The predicted octanol–water partition coefficient (Wildman–Crippen LogP) is 5.53. The highest BCUT2D eigenvalue weighted by Crippen LogP contribution is 2.34. The molecular formula is C21H18F3N3O. The zero-order valence-electron chi connectivity index (χ0n) is 15.0. The Bertz CT molecular complexity index is 941. The van der Waals surface area contributed by atoms with Crippen LogP contribution in [0.2, 0.25) is 0 Å². The standard InChI is InChI=1S/C21H18F3N3O/c1-14(15-7-3-2-4-8-15)26-16-11-12-19(25-13-16)20(28)27-18-10-6-5-9-17(18)21(22,23)24/h2-14,26H,1H3,(H,27,28). The Kier molecular flexibility index (Phi) is 5.63. The van der Waals surface area contributed by atoms with E-state index in [1.807, 2.05) is 37.3 Å². The second-order valence-electron chi connectivity index (χ2n) is 6.21. The highest BCUT2D eigenvalue weighted by Gasteiger charge is 2.33. The van der Waals surface area contributed by atoms with Gasteiger partial charge in [0, 0.05) is 6.04 Å². The van der Waals surface area contributed by atoms with E-state index < -0.39 is 17.6 Å². The summed E-state index contributed by atoms with van der Waals surface area (Å²) in [5.41, 5.74) is 0.603. The first-order valence-corrected chi connectivity index (χ1v) is 8.59. The lowest BCUT2D eigenvalue weighted by molar-refractivity contribution is -0.136. The van der Waals surface area contributed by atoms with Crippen LogP contribution < -0.4 is 10.6 Å². The lowest BCUT2D eigenvalue weighted by Crippen LogP contribution is -2.17. The summed E-state index contributed by atoms with van der Waals surface area (Å²) in [6.45, 7) is 1.99. The number of nitrogens with zero attached hydrogens (tertiary/aromatic N) is 1. The van der Waals surface area contributed by atoms with E-state index in [-0.39, 0.29) is 17.4 Å². The van der Waals surface area contributed by atoms with Crippen LogP contribution in [0.25, 0.3) is 0 Å². The zero-order valence-corrected chi connectivity index (χ0v) is 15.0. The largest absolute Gasteiger partial charge is 0.418 e. The summed E-state index contributed by atoms with van der Waals surface area (Å²) in [5.74, 6) is -0.709. The summed E-state index contributed by atoms with van der Waals surface area (Å²) in [7, 11) is 0. The molecule has 1 amide bonds. The number of carbonyl (C=O) groups is 1. The van der Waals surface area contributed by atoms with E-state index in [1.165, 1.54) is 30.5 Å². The smallest absolute Gasteiger partial charge is 0.377 e. The van der Waals surface area contributed by atoms with Gasteiger partial charge in [-0.2, -0.15) is 13.2 Å². The van der Waals surface area contributed by atoms with Crippen molar-refractivity contribution in [1.82, 2.24) is 4.98 Å². The SMILES string of the molecule is CC(Nc1ccc(C(=O)Nc2ccccc2C(F)(F)F)nc1)c1ccccc1. The fraction of sp³-hybridized carbons (Fsp3) is 0.143. The summed E-state index contributed by atoms with van der Waals surface area (Å²) < 4.78 is 39.1. The maximum Gasteiger partial charge on any atom is 0.418 e. The molecule has 0 radical (unpaired) electrons. The number of aromatic nitrogens is 1. The molecule has 0 bridgehead atoms. The molecule has 0 saturated carbocycles. The van der Waals surface area contributed by atoms with E-state index >= 15 is 0 Å². The summed E-state index contributed by atoms with van der Waals surface area (Å²) in [6, 6.07) is 17.8. The van der Waals surface area contributed by atoms with E-state index in [4.69, 9.17) is 0 Å². The zero-order chi connectivity index (χ0) is 20.1. The Hall–Kier alpha value is -3.35. The average Bonchev–Trinajstić information content (AvgIpc) is 2.69. The van der Waals surface area contributed by atoms with Gasteiger partial charge in [-0.15, -0.1) is 0 Å². The number of alkyl halides is 3. The van der Waals surface area contributed by atoms with Crippen molar-refractivity contribution < 1.29 is 18.0 Å². The van der Waals surface area contributed by atoms with Crippen LogP contribution in [-0.2, 0) is 6.18 Å². The van der Waals surface area contributed by atoms with Crippen molar-refractivity contribution in [3.8, 4) is 0 Å². The third-order valence-corrected chi connectivity index (χ3v) is 4.16. The molecule has 3 aromatic rings. The van der Waals surface area contributed by atoms with Crippen molar-refractivity contribution in [2.75, 3.05) is 10.6 Å². The molecule has 1 heterocycles. The van der Waals surface area contributed by atoms with Crippen LogP contribution in [0.15, 0.2) is 72.9 Å². The van der Waals surface area contributed by atoms with Crippen LogP contribution >= 0.6 is 0 Å². The fourth-order valence-corrected chi connectivity index (χ4v) is 2.71. The van der Waals surface area contributed by atoms with Gasteiger partial charge in [0.05, 0.1) is 23.1 Å². The second kappa shape index (κ2) is 8.12. The highest BCUT2D eigenvalue weighted by molar-refractivity contribution is 6.03. The van der Waals surface area contributed by atoms with Crippen molar-refractivity contribution in [3.63, 3.8) is 0 Å². The number of pyridine rings is 1. The van der Waals surface area contributed by atoms with E-state index in [9.17, 15) is 18.0 Å². The van der Waals surface area contributed by atoms with Gasteiger partial charge in [0.25, 0.3) is 5.91 Å². The molecule has 2 N–H and O–H groups in total. The lowest BCUT2D eigenvalue weighted by atomic mass is 10.1. The van der Waals surface area contributed by atoms with Gasteiger partial charge in [-0.05, 0) is 36.8 Å². The molecule has 28 heavy (non-hydrogen) atoms. The van der Waals surface area contributed by atoms with Gasteiger partial charge in [0.15, 0.2) is 0 Å². The molecule has 1 atom stereocenters. The molecule has 1 unspecified atom stereocenters. The van der Waals surface area contributed by atoms with Crippen molar-refractivity contribution in [2.45, 2.75) is 19.1 Å². The minimum atomic E-state index is -4.56. The number of rotatable bonds is 5. The molecule has 3 rings (SSSR count). The van der Waals surface area contributed by atoms with Crippen molar-refractivity contribution in [3.05, 3.63) is 89.7 Å². The monoisotopic (exact) mass is 385 g/mol. The molecule has 0 aliphatic carbocycles. The maximum atomic E-state index is 13.0. The third-order valence-electron chi connectivity index (χ3n) is 4.16. The number of benzene rings is 2. The first-order valence-electron chi connectivity index (χ1n) is 8.59. The number of nitrogens with one attached hydrogen (secondary N) is 2. The molecule has 0 spiro atoms. The lowest BCUT2D eigenvalue weighted by Gasteiger charge is -2.16. The number of para-hydroxylation sites is 1. The van der Waals surface area contributed by atoms with Gasteiger partial charge < -0.3 is 10.6 Å². The van der Waals surface area contributed by atoms with Gasteiger partial charge in [0.2, 0.25) is 0 Å². The van der Waals surface area contributed by atoms with E-state index in [2.05, 4.69) is 15.6 Å². The quantitative estimate of drug-likeness (QED) is 0.608. The molecule has 0 aliphatic rings. The Morgan fingerprint density at radius 3 is 2.29 bits per heavy atom. The summed E-state index contributed by atoms with van der Waals surface area (Å²) in [6.07, 6.45) is -3.08. The number of carbonyl (C=O) groups excluding carboxylic acids is 1. The number of anilines is 2. The second-order valence-corrected chi connectivity index (χ2v) is 6.21. The van der Waals surface area contributed by atoms with E-state index in [0.717, 1.165) is 11.6 Å².